The van der Waals surface area contributed by atoms with Gasteiger partial charge in [0.05, 0.1) is 5.52 Å². The number of carbonyl (C=O) groups excluding carboxylic acids is 1. The molecule has 0 spiro atoms. The number of hydrogen-bond donors (Lipinski definition) is 3. The van der Waals surface area contributed by atoms with Crippen LogP contribution in [0.5, 0.6) is 0 Å². The summed E-state index contributed by atoms with van der Waals surface area (Å²) in [6.07, 6.45) is 1.58. The van der Waals surface area contributed by atoms with Gasteiger partial charge in [0.15, 0.2) is 0 Å². The van der Waals surface area contributed by atoms with Crippen molar-refractivity contribution >= 4 is 45.2 Å². The van der Waals surface area contributed by atoms with Crippen molar-refractivity contribution in [2.45, 2.75) is 0 Å². The Hall–Kier alpha value is -4.78. The smallest absolute Gasteiger partial charge is 0.255 e. The molecule has 0 aliphatic heterocycles. The van der Waals surface area contributed by atoms with Gasteiger partial charge < -0.3 is 16.0 Å². The highest BCUT2D eigenvalue weighted by Crippen LogP contribution is 2.27. The Labute approximate surface area is 200 Å². The molecule has 0 atom stereocenters. The van der Waals surface area contributed by atoms with Crippen LogP contribution in [0.25, 0.3) is 10.9 Å². The van der Waals surface area contributed by atoms with Crippen LogP contribution < -0.4 is 16.0 Å². The number of amides is 1. The molecule has 0 bridgehead atoms. The summed E-state index contributed by atoms with van der Waals surface area (Å²) in [6, 6.07) is 26.8. The van der Waals surface area contributed by atoms with Crippen LogP contribution >= 0.6 is 0 Å². The van der Waals surface area contributed by atoms with Gasteiger partial charge in [0.1, 0.15) is 11.6 Å². The molecule has 0 radical (unpaired) electrons. The minimum atomic E-state index is -0.579. The van der Waals surface area contributed by atoms with Crippen molar-refractivity contribution in [2.75, 3.05) is 16.0 Å². The molecule has 1 heterocycles. The van der Waals surface area contributed by atoms with Crippen LogP contribution in [0.15, 0.2) is 103 Å². The van der Waals surface area contributed by atoms with Crippen LogP contribution in [-0.2, 0) is 0 Å². The molecule has 5 aromatic rings. The van der Waals surface area contributed by atoms with Gasteiger partial charge in [-0.3, -0.25) is 9.78 Å². The van der Waals surface area contributed by atoms with Gasteiger partial charge in [-0.2, -0.15) is 0 Å². The Bertz CT molecular complexity index is 1520. The number of para-hydroxylation sites is 1. The van der Waals surface area contributed by atoms with Crippen molar-refractivity contribution in [1.82, 2.24) is 4.98 Å². The largest absolute Gasteiger partial charge is 0.355 e. The first-order valence-electron chi connectivity index (χ1n) is 10.9. The van der Waals surface area contributed by atoms with Gasteiger partial charge in [0, 0.05) is 45.6 Å². The van der Waals surface area contributed by atoms with Crippen molar-refractivity contribution in [3.63, 3.8) is 0 Å². The number of benzene rings is 4. The number of nitrogens with zero attached hydrogens (tertiary/aromatic N) is 1. The number of aromatic nitrogens is 1. The molecule has 0 unspecified atom stereocenters. The van der Waals surface area contributed by atoms with E-state index in [1.807, 2.05) is 42.5 Å². The van der Waals surface area contributed by atoms with Gasteiger partial charge in [0.2, 0.25) is 0 Å². The average Bonchev–Trinajstić information content (AvgIpc) is 2.85. The van der Waals surface area contributed by atoms with Crippen LogP contribution in [0, 0.1) is 11.6 Å². The molecule has 0 aliphatic rings. The summed E-state index contributed by atoms with van der Waals surface area (Å²) < 4.78 is 28.2. The number of anilines is 5. The predicted octanol–water partition coefficient (Wildman–Crippen LogP) is 7.25. The van der Waals surface area contributed by atoms with Gasteiger partial charge in [-0.05, 0) is 72.8 Å². The average molecular weight is 466 g/mol. The number of nitrogens with one attached hydrogen (secondary N) is 3. The first-order chi connectivity index (χ1) is 17.0. The second kappa shape index (κ2) is 9.61. The topological polar surface area (TPSA) is 66.1 Å². The fourth-order valence-electron chi connectivity index (χ4n) is 3.74. The zero-order chi connectivity index (χ0) is 24.2. The van der Waals surface area contributed by atoms with Gasteiger partial charge in [0.25, 0.3) is 5.91 Å². The zero-order valence-corrected chi connectivity index (χ0v) is 18.4. The molecule has 35 heavy (non-hydrogen) atoms. The number of hydrogen-bond acceptors (Lipinski definition) is 4. The molecule has 4 aromatic carbocycles. The molecule has 0 aliphatic carbocycles. The molecule has 0 fully saturated rings. The molecule has 7 heteroatoms. The standard InChI is InChI=1S/C28H20F2N4O/c29-19-9-10-26-25(16-19)27(11-12-31-26)33-24-14-18(13-20(30)15-24)28(35)34-23-8-4-7-22(17-23)32-21-5-2-1-3-6-21/h1-17,32H,(H,31,33)(H,34,35). The molecular formula is C28H20F2N4O. The lowest BCUT2D eigenvalue weighted by Gasteiger charge is -2.12. The summed E-state index contributed by atoms with van der Waals surface area (Å²) in [5, 5.41) is 9.70. The van der Waals surface area contributed by atoms with Gasteiger partial charge in [-0.15, -0.1) is 0 Å². The molecule has 172 valence electrons. The zero-order valence-electron chi connectivity index (χ0n) is 18.4. The molecule has 5 rings (SSSR count). The van der Waals surface area contributed by atoms with Gasteiger partial charge in [-0.25, -0.2) is 8.78 Å². The van der Waals surface area contributed by atoms with Crippen molar-refractivity contribution < 1.29 is 13.6 Å². The second-order valence-corrected chi connectivity index (χ2v) is 7.90. The summed E-state index contributed by atoms with van der Waals surface area (Å²) in [5.74, 6) is -1.45. The van der Waals surface area contributed by atoms with Crippen LogP contribution in [0.2, 0.25) is 0 Å². The fourth-order valence-corrected chi connectivity index (χ4v) is 3.74. The Morgan fingerprint density at radius 3 is 2.31 bits per heavy atom. The SMILES string of the molecule is O=C(Nc1cccc(Nc2ccccc2)c1)c1cc(F)cc(Nc2ccnc3ccc(F)cc23)c1. The molecule has 1 amide bonds. The number of rotatable bonds is 6. The minimum absolute atomic E-state index is 0.137. The maximum Gasteiger partial charge on any atom is 0.255 e. The Morgan fingerprint density at radius 2 is 1.46 bits per heavy atom. The van der Waals surface area contributed by atoms with Gasteiger partial charge >= 0.3 is 0 Å². The number of carbonyl (C=O) groups is 1. The Balaban J connectivity index is 1.36. The van der Waals surface area contributed by atoms with Gasteiger partial charge in [-0.1, -0.05) is 24.3 Å². The summed E-state index contributed by atoms with van der Waals surface area (Å²) in [4.78, 5) is 17.1. The van der Waals surface area contributed by atoms with E-state index in [0.717, 1.165) is 17.4 Å². The van der Waals surface area contributed by atoms with E-state index < -0.39 is 17.5 Å². The molecule has 0 saturated heterocycles. The minimum Gasteiger partial charge on any atom is -0.355 e. The maximum absolute atomic E-state index is 14.4. The normalized spacial score (nSPS) is 10.7. The number of fused-ring (bicyclic) bond motifs is 1. The quantitative estimate of drug-likeness (QED) is 0.247. The third-order valence-electron chi connectivity index (χ3n) is 5.33. The maximum atomic E-state index is 14.4. The highest BCUT2D eigenvalue weighted by atomic mass is 19.1. The molecule has 3 N–H and O–H groups in total. The Kier molecular flexibility index (Phi) is 6.05. The highest BCUT2D eigenvalue weighted by Gasteiger charge is 2.12. The summed E-state index contributed by atoms with van der Waals surface area (Å²) in [7, 11) is 0. The van der Waals surface area contributed by atoms with E-state index in [9.17, 15) is 13.6 Å². The Morgan fingerprint density at radius 1 is 0.657 bits per heavy atom. The third kappa shape index (κ3) is 5.25. The summed E-state index contributed by atoms with van der Waals surface area (Å²) in [6.45, 7) is 0. The lowest BCUT2D eigenvalue weighted by atomic mass is 10.1. The van der Waals surface area contributed by atoms with E-state index in [0.29, 0.717) is 28.0 Å². The van der Waals surface area contributed by atoms with E-state index in [-0.39, 0.29) is 5.56 Å². The molecule has 1 aromatic heterocycles. The van der Waals surface area contributed by atoms with Crippen LogP contribution in [0.1, 0.15) is 10.4 Å². The fraction of sp³-hybridized carbons (Fsp3) is 0. The second-order valence-electron chi connectivity index (χ2n) is 7.90. The first-order valence-corrected chi connectivity index (χ1v) is 10.9. The highest BCUT2D eigenvalue weighted by molar-refractivity contribution is 6.05. The predicted molar refractivity (Wildman–Crippen MR) is 136 cm³/mol. The summed E-state index contributed by atoms with van der Waals surface area (Å²) in [5.41, 5.74) is 3.91. The van der Waals surface area contributed by atoms with Crippen molar-refractivity contribution in [3.8, 4) is 0 Å². The van der Waals surface area contributed by atoms with E-state index in [1.54, 1.807) is 30.5 Å². The van der Waals surface area contributed by atoms with E-state index in [4.69, 9.17) is 0 Å². The molecule has 0 saturated carbocycles. The van der Waals surface area contributed by atoms with Crippen molar-refractivity contribution in [3.05, 3.63) is 120 Å². The number of halogens is 2. The van der Waals surface area contributed by atoms with Crippen molar-refractivity contribution in [2.24, 2.45) is 0 Å². The van der Waals surface area contributed by atoms with E-state index in [1.165, 1.54) is 24.3 Å². The van der Waals surface area contributed by atoms with Crippen LogP contribution in [0.4, 0.5) is 37.2 Å². The van der Waals surface area contributed by atoms with Crippen molar-refractivity contribution in [1.29, 1.82) is 0 Å². The van der Waals surface area contributed by atoms with E-state index in [2.05, 4.69) is 20.9 Å². The summed E-state index contributed by atoms with van der Waals surface area (Å²) >= 11 is 0. The molecular weight excluding hydrogens is 446 g/mol. The monoisotopic (exact) mass is 466 g/mol. The lowest BCUT2D eigenvalue weighted by molar-refractivity contribution is 0.102. The van der Waals surface area contributed by atoms with E-state index >= 15 is 0 Å². The van der Waals surface area contributed by atoms with Crippen LogP contribution in [0.3, 0.4) is 0 Å². The van der Waals surface area contributed by atoms with Crippen LogP contribution in [-0.4, -0.2) is 10.9 Å². The molecule has 5 nitrogen and oxygen atoms in total. The lowest BCUT2D eigenvalue weighted by Crippen LogP contribution is -2.12. The number of pyridine rings is 1. The first kappa shape index (κ1) is 22.0. The third-order valence-corrected chi connectivity index (χ3v) is 5.33.